The molecular formula is C16H21NO2S. The van der Waals surface area contributed by atoms with Gasteiger partial charge in [-0.1, -0.05) is 49.4 Å². The summed E-state index contributed by atoms with van der Waals surface area (Å²) in [6.45, 7) is 2.77. The Bertz CT molecular complexity index is 674. The first-order valence-electron chi connectivity index (χ1n) is 6.87. The molecule has 0 fully saturated rings. The minimum absolute atomic E-state index is 0.0409. The van der Waals surface area contributed by atoms with Crippen LogP contribution in [-0.2, 0) is 16.3 Å². The second-order valence-electron chi connectivity index (χ2n) is 5.19. The molecule has 2 rings (SSSR count). The summed E-state index contributed by atoms with van der Waals surface area (Å²) < 4.78 is 23.1. The van der Waals surface area contributed by atoms with Gasteiger partial charge in [-0.3, -0.25) is 0 Å². The standard InChI is InChI=1S/C16H21NO2S/c1-3-17-15(12-20(2,18)19)11-14-9-6-8-13-7-4-5-10-16(13)14/h4-10,15,17H,3,11-12H2,1-2H3. The molecule has 0 spiro atoms. The third kappa shape index (κ3) is 4.05. The van der Waals surface area contributed by atoms with Gasteiger partial charge in [-0.15, -0.1) is 0 Å². The molecule has 0 saturated carbocycles. The fourth-order valence-corrected chi connectivity index (χ4v) is 3.55. The van der Waals surface area contributed by atoms with Crippen LogP contribution in [-0.4, -0.2) is 33.0 Å². The van der Waals surface area contributed by atoms with E-state index in [4.69, 9.17) is 0 Å². The highest BCUT2D eigenvalue weighted by Crippen LogP contribution is 2.20. The molecule has 0 aliphatic heterocycles. The van der Waals surface area contributed by atoms with Gasteiger partial charge in [0.25, 0.3) is 0 Å². The number of nitrogens with one attached hydrogen (secondary N) is 1. The van der Waals surface area contributed by atoms with Gasteiger partial charge in [-0.05, 0) is 29.3 Å². The monoisotopic (exact) mass is 291 g/mol. The molecule has 0 amide bonds. The summed E-state index contributed by atoms with van der Waals surface area (Å²) in [5, 5.41) is 5.67. The zero-order chi connectivity index (χ0) is 14.6. The second-order valence-corrected chi connectivity index (χ2v) is 7.37. The number of rotatable bonds is 6. The van der Waals surface area contributed by atoms with Gasteiger partial charge in [0, 0.05) is 12.3 Å². The molecule has 0 aromatic heterocycles. The Morgan fingerprint density at radius 3 is 2.50 bits per heavy atom. The summed E-state index contributed by atoms with van der Waals surface area (Å²) in [6, 6.07) is 14.4. The topological polar surface area (TPSA) is 46.2 Å². The highest BCUT2D eigenvalue weighted by molar-refractivity contribution is 7.90. The SMILES string of the molecule is CCNC(Cc1cccc2ccccc12)CS(C)(=O)=O. The second kappa shape index (κ2) is 6.37. The molecule has 0 saturated heterocycles. The molecule has 4 heteroatoms. The lowest BCUT2D eigenvalue weighted by Crippen LogP contribution is -2.37. The van der Waals surface area contributed by atoms with Crippen LogP contribution in [0.3, 0.4) is 0 Å². The van der Waals surface area contributed by atoms with Gasteiger partial charge in [0.15, 0.2) is 0 Å². The van der Waals surface area contributed by atoms with Crippen LogP contribution in [0.4, 0.5) is 0 Å². The maximum Gasteiger partial charge on any atom is 0.148 e. The summed E-state index contributed by atoms with van der Waals surface area (Å²) in [5.41, 5.74) is 1.19. The lowest BCUT2D eigenvalue weighted by atomic mass is 9.99. The van der Waals surface area contributed by atoms with Gasteiger partial charge in [0.05, 0.1) is 5.75 Å². The molecule has 2 aromatic rings. The Kier molecular flexibility index (Phi) is 4.78. The molecule has 0 aliphatic carbocycles. The van der Waals surface area contributed by atoms with Crippen molar-refractivity contribution in [1.82, 2.24) is 5.32 Å². The van der Waals surface area contributed by atoms with Crippen molar-refractivity contribution >= 4 is 20.6 Å². The number of hydrogen-bond acceptors (Lipinski definition) is 3. The molecule has 0 heterocycles. The normalized spacial score (nSPS) is 13.5. The van der Waals surface area contributed by atoms with E-state index in [-0.39, 0.29) is 11.8 Å². The van der Waals surface area contributed by atoms with Gasteiger partial charge >= 0.3 is 0 Å². The highest BCUT2D eigenvalue weighted by atomic mass is 32.2. The number of benzene rings is 2. The fraction of sp³-hybridized carbons (Fsp3) is 0.375. The van der Waals surface area contributed by atoms with Crippen LogP contribution in [0.2, 0.25) is 0 Å². The van der Waals surface area contributed by atoms with Gasteiger partial charge in [-0.2, -0.15) is 0 Å². The van der Waals surface area contributed by atoms with Crippen LogP contribution in [0.15, 0.2) is 42.5 Å². The quantitative estimate of drug-likeness (QED) is 0.889. The van der Waals surface area contributed by atoms with E-state index < -0.39 is 9.84 Å². The van der Waals surface area contributed by atoms with Crippen molar-refractivity contribution in [3.05, 3.63) is 48.0 Å². The summed E-state index contributed by atoms with van der Waals surface area (Å²) in [7, 11) is -2.98. The number of sulfone groups is 1. The van der Waals surface area contributed by atoms with Gasteiger partial charge in [-0.25, -0.2) is 8.42 Å². The van der Waals surface area contributed by atoms with Crippen molar-refractivity contribution in [3.8, 4) is 0 Å². The third-order valence-corrected chi connectivity index (χ3v) is 4.35. The van der Waals surface area contributed by atoms with Crippen molar-refractivity contribution in [3.63, 3.8) is 0 Å². The molecule has 2 aromatic carbocycles. The van der Waals surface area contributed by atoms with Gasteiger partial charge in [0.1, 0.15) is 9.84 Å². The minimum atomic E-state index is -2.98. The molecule has 1 atom stereocenters. The van der Waals surface area contributed by atoms with E-state index in [9.17, 15) is 8.42 Å². The molecule has 0 aliphatic rings. The minimum Gasteiger partial charge on any atom is -0.313 e. The van der Waals surface area contributed by atoms with Crippen LogP contribution in [0.1, 0.15) is 12.5 Å². The van der Waals surface area contributed by atoms with Crippen molar-refractivity contribution in [2.24, 2.45) is 0 Å². The molecular weight excluding hydrogens is 270 g/mol. The summed E-state index contributed by atoms with van der Waals surface area (Å²) in [5.74, 6) is 0.171. The molecule has 20 heavy (non-hydrogen) atoms. The van der Waals surface area contributed by atoms with Crippen molar-refractivity contribution in [2.75, 3.05) is 18.6 Å². The Hall–Kier alpha value is -1.39. The zero-order valence-electron chi connectivity index (χ0n) is 12.0. The average Bonchev–Trinajstić information content (AvgIpc) is 2.37. The number of fused-ring (bicyclic) bond motifs is 1. The van der Waals surface area contributed by atoms with Crippen molar-refractivity contribution in [1.29, 1.82) is 0 Å². The molecule has 0 radical (unpaired) electrons. The van der Waals surface area contributed by atoms with Crippen LogP contribution in [0.25, 0.3) is 10.8 Å². The fourth-order valence-electron chi connectivity index (χ4n) is 2.58. The average molecular weight is 291 g/mol. The number of likely N-dealkylation sites (N-methyl/N-ethyl adjacent to an activating group) is 1. The molecule has 3 nitrogen and oxygen atoms in total. The predicted octanol–water partition coefficient (Wildman–Crippen LogP) is 2.41. The van der Waals surface area contributed by atoms with E-state index in [1.54, 1.807) is 0 Å². The first-order valence-corrected chi connectivity index (χ1v) is 8.93. The number of hydrogen-bond donors (Lipinski definition) is 1. The van der Waals surface area contributed by atoms with Crippen LogP contribution in [0.5, 0.6) is 0 Å². The van der Waals surface area contributed by atoms with E-state index >= 15 is 0 Å². The largest absolute Gasteiger partial charge is 0.313 e. The summed E-state index contributed by atoms with van der Waals surface area (Å²) in [6.07, 6.45) is 2.02. The Labute approximate surface area is 120 Å². The molecule has 0 bridgehead atoms. The van der Waals surface area contributed by atoms with E-state index in [0.717, 1.165) is 13.0 Å². The lowest BCUT2D eigenvalue weighted by Gasteiger charge is -2.18. The van der Waals surface area contributed by atoms with E-state index in [0.29, 0.717) is 0 Å². The maximum absolute atomic E-state index is 11.5. The Morgan fingerprint density at radius 2 is 1.80 bits per heavy atom. The smallest absolute Gasteiger partial charge is 0.148 e. The third-order valence-electron chi connectivity index (χ3n) is 3.34. The van der Waals surface area contributed by atoms with Gasteiger partial charge < -0.3 is 5.32 Å². The van der Waals surface area contributed by atoms with Crippen LogP contribution < -0.4 is 5.32 Å². The maximum atomic E-state index is 11.5. The Balaban J connectivity index is 2.28. The summed E-state index contributed by atoms with van der Waals surface area (Å²) >= 11 is 0. The lowest BCUT2D eigenvalue weighted by molar-refractivity contribution is 0.546. The zero-order valence-corrected chi connectivity index (χ0v) is 12.8. The first-order chi connectivity index (χ1) is 9.49. The van der Waals surface area contributed by atoms with Crippen LogP contribution in [0, 0.1) is 0 Å². The summed E-state index contributed by atoms with van der Waals surface area (Å²) in [4.78, 5) is 0. The predicted molar refractivity (Wildman–Crippen MR) is 84.8 cm³/mol. The van der Waals surface area contributed by atoms with Crippen LogP contribution >= 0.6 is 0 Å². The Morgan fingerprint density at radius 1 is 1.10 bits per heavy atom. The highest BCUT2D eigenvalue weighted by Gasteiger charge is 2.16. The van der Waals surface area contributed by atoms with E-state index in [2.05, 4.69) is 29.6 Å². The van der Waals surface area contributed by atoms with Crippen molar-refractivity contribution < 1.29 is 8.42 Å². The molecule has 1 unspecified atom stereocenters. The van der Waals surface area contributed by atoms with Crippen molar-refractivity contribution in [2.45, 2.75) is 19.4 Å². The van der Waals surface area contributed by atoms with E-state index in [1.807, 2.05) is 25.1 Å². The van der Waals surface area contributed by atoms with E-state index in [1.165, 1.54) is 22.6 Å². The molecule has 1 N–H and O–H groups in total. The van der Waals surface area contributed by atoms with Gasteiger partial charge in [0.2, 0.25) is 0 Å². The first kappa shape index (κ1) is 15.0. The molecule has 108 valence electrons.